The molecule has 0 aliphatic rings. The first-order valence-electron chi connectivity index (χ1n) is 6.02. The second kappa shape index (κ2) is 4.90. The number of nitrogens with zero attached hydrogens (tertiary/aromatic N) is 2. The van der Waals surface area contributed by atoms with Gasteiger partial charge in [0.2, 0.25) is 0 Å². The largest absolute Gasteiger partial charge is 0.306 e. The minimum atomic E-state index is 0.685. The number of hydrogen-bond acceptors (Lipinski definition) is 2. The van der Waals surface area contributed by atoms with Gasteiger partial charge in [-0.3, -0.25) is 4.79 Å². The van der Waals surface area contributed by atoms with Gasteiger partial charge in [-0.25, -0.2) is 4.98 Å². The lowest BCUT2D eigenvalue weighted by atomic mass is 10.1. The van der Waals surface area contributed by atoms with Crippen molar-refractivity contribution in [3.8, 4) is 0 Å². The molecule has 0 radical (unpaired) electrons. The standard InChI is InChI=1S/C16H12N2O/c19-12-14-6-4-13(5-7-14)8-9-15-11-18-10-2-1-3-16(18)17-15/h1-12H/b9-8+. The summed E-state index contributed by atoms with van der Waals surface area (Å²) in [6, 6.07) is 13.3. The SMILES string of the molecule is O=Cc1ccc(/C=C/c2cn3ccccc3n2)cc1. The number of imidazole rings is 1. The Morgan fingerprint density at radius 3 is 2.47 bits per heavy atom. The molecule has 92 valence electrons. The van der Waals surface area contributed by atoms with E-state index in [1.165, 1.54) is 0 Å². The lowest BCUT2D eigenvalue weighted by molar-refractivity contribution is 0.112. The van der Waals surface area contributed by atoms with Crippen LogP contribution in [-0.2, 0) is 0 Å². The quantitative estimate of drug-likeness (QED) is 0.666. The fourth-order valence-electron chi connectivity index (χ4n) is 1.90. The zero-order valence-electron chi connectivity index (χ0n) is 10.2. The molecule has 3 aromatic rings. The molecule has 0 amide bonds. The van der Waals surface area contributed by atoms with Crippen LogP contribution in [0.15, 0.2) is 54.9 Å². The van der Waals surface area contributed by atoms with E-state index in [4.69, 9.17) is 0 Å². The second-order valence-electron chi connectivity index (χ2n) is 4.25. The Bertz CT molecular complexity index is 706. The summed E-state index contributed by atoms with van der Waals surface area (Å²) in [5.74, 6) is 0. The van der Waals surface area contributed by atoms with Crippen LogP contribution in [0.3, 0.4) is 0 Å². The average Bonchev–Trinajstić information content (AvgIpc) is 2.88. The van der Waals surface area contributed by atoms with Gasteiger partial charge < -0.3 is 4.40 Å². The van der Waals surface area contributed by atoms with Gasteiger partial charge in [-0.05, 0) is 23.8 Å². The fraction of sp³-hybridized carbons (Fsp3) is 0. The molecule has 0 spiro atoms. The van der Waals surface area contributed by atoms with Crippen LogP contribution in [0.2, 0.25) is 0 Å². The van der Waals surface area contributed by atoms with E-state index >= 15 is 0 Å². The molecule has 3 heteroatoms. The summed E-state index contributed by atoms with van der Waals surface area (Å²) in [5.41, 5.74) is 3.57. The molecule has 1 aromatic carbocycles. The van der Waals surface area contributed by atoms with Crippen molar-refractivity contribution in [1.82, 2.24) is 9.38 Å². The van der Waals surface area contributed by atoms with Crippen molar-refractivity contribution in [2.24, 2.45) is 0 Å². The Labute approximate surface area is 110 Å². The summed E-state index contributed by atoms with van der Waals surface area (Å²) in [7, 11) is 0. The number of fused-ring (bicyclic) bond motifs is 1. The van der Waals surface area contributed by atoms with Gasteiger partial charge in [-0.2, -0.15) is 0 Å². The molecular weight excluding hydrogens is 236 g/mol. The number of rotatable bonds is 3. The van der Waals surface area contributed by atoms with Crippen molar-refractivity contribution >= 4 is 24.1 Å². The van der Waals surface area contributed by atoms with Crippen LogP contribution in [0.4, 0.5) is 0 Å². The topological polar surface area (TPSA) is 34.4 Å². The van der Waals surface area contributed by atoms with Gasteiger partial charge in [0.05, 0.1) is 5.69 Å². The summed E-state index contributed by atoms with van der Waals surface area (Å²) in [4.78, 5) is 15.0. The van der Waals surface area contributed by atoms with Gasteiger partial charge in [-0.15, -0.1) is 0 Å². The normalized spacial score (nSPS) is 11.2. The highest BCUT2D eigenvalue weighted by Gasteiger charge is 1.96. The molecule has 19 heavy (non-hydrogen) atoms. The highest BCUT2D eigenvalue weighted by molar-refractivity contribution is 5.76. The molecule has 3 nitrogen and oxygen atoms in total. The third kappa shape index (κ3) is 2.45. The highest BCUT2D eigenvalue weighted by atomic mass is 16.1. The van der Waals surface area contributed by atoms with Crippen LogP contribution < -0.4 is 0 Å². The van der Waals surface area contributed by atoms with Crippen molar-refractivity contribution in [3.63, 3.8) is 0 Å². The van der Waals surface area contributed by atoms with Crippen molar-refractivity contribution in [1.29, 1.82) is 0 Å². The summed E-state index contributed by atoms with van der Waals surface area (Å²) in [6.07, 6.45) is 8.74. The van der Waals surface area contributed by atoms with Gasteiger partial charge >= 0.3 is 0 Å². The first-order valence-corrected chi connectivity index (χ1v) is 6.02. The third-order valence-corrected chi connectivity index (χ3v) is 2.90. The van der Waals surface area contributed by atoms with Crippen molar-refractivity contribution in [3.05, 3.63) is 71.7 Å². The van der Waals surface area contributed by atoms with E-state index in [1.807, 2.05) is 59.3 Å². The number of carbonyl (C=O) groups excluding carboxylic acids is 1. The monoisotopic (exact) mass is 248 g/mol. The molecule has 0 aliphatic carbocycles. The number of hydrogen-bond donors (Lipinski definition) is 0. The van der Waals surface area contributed by atoms with Crippen LogP contribution in [-0.4, -0.2) is 15.7 Å². The van der Waals surface area contributed by atoms with E-state index in [1.54, 1.807) is 12.1 Å². The smallest absolute Gasteiger partial charge is 0.150 e. The maximum Gasteiger partial charge on any atom is 0.150 e. The molecular formula is C16H12N2O. The maximum absolute atomic E-state index is 10.6. The van der Waals surface area contributed by atoms with Gasteiger partial charge in [-0.1, -0.05) is 36.4 Å². The molecule has 0 saturated heterocycles. The summed E-state index contributed by atoms with van der Waals surface area (Å²) in [6.45, 7) is 0. The summed E-state index contributed by atoms with van der Waals surface area (Å²) < 4.78 is 1.98. The van der Waals surface area contributed by atoms with Crippen LogP contribution in [0.25, 0.3) is 17.8 Å². The molecule has 0 aliphatic heterocycles. The minimum Gasteiger partial charge on any atom is -0.306 e. The first kappa shape index (κ1) is 11.4. The highest BCUT2D eigenvalue weighted by Crippen LogP contribution is 2.10. The van der Waals surface area contributed by atoms with Crippen LogP contribution in [0.5, 0.6) is 0 Å². The van der Waals surface area contributed by atoms with Crippen LogP contribution >= 0.6 is 0 Å². The number of pyridine rings is 1. The van der Waals surface area contributed by atoms with E-state index in [0.717, 1.165) is 23.2 Å². The molecule has 2 heterocycles. The maximum atomic E-state index is 10.6. The molecule has 2 aromatic heterocycles. The molecule has 0 unspecified atom stereocenters. The molecule has 0 saturated carbocycles. The van der Waals surface area contributed by atoms with Crippen molar-refractivity contribution < 1.29 is 4.79 Å². The Hall–Kier alpha value is -2.68. The molecule has 0 bridgehead atoms. The van der Waals surface area contributed by atoms with Gasteiger partial charge in [0.1, 0.15) is 11.9 Å². The zero-order valence-corrected chi connectivity index (χ0v) is 10.2. The third-order valence-electron chi connectivity index (χ3n) is 2.90. The van der Waals surface area contributed by atoms with Gasteiger partial charge in [0.25, 0.3) is 0 Å². The molecule has 0 fully saturated rings. The van der Waals surface area contributed by atoms with Crippen LogP contribution in [0, 0.1) is 0 Å². The van der Waals surface area contributed by atoms with E-state index in [9.17, 15) is 4.79 Å². The Morgan fingerprint density at radius 1 is 0.947 bits per heavy atom. The molecule has 0 N–H and O–H groups in total. The average molecular weight is 248 g/mol. The van der Waals surface area contributed by atoms with Gasteiger partial charge in [0, 0.05) is 18.0 Å². The van der Waals surface area contributed by atoms with E-state index in [-0.39, 0.29) is 0 Å². The van der Waals surface area contributed by atoms with E-state index < -0.39 is 0 Å². The summed E-state index contributed by atoms with van der Waals surface area (Å²) in [5, 5.41) is 0. The number of carbonyl (C=O) groups is 1. The number of aromatic nitrogens is 2. The zero-order chi connectivity index (χ0) is 13.1. The minimum absolute atomic E-state index is 0.685. The van der Waals surface area contributed by atoms with Crippen molar-refractivity contribution in [2.75, 3.05) is 0 Å². The fourth-order valence-corrected chi connectivity index (χ4v) is 1.90. The van der Waals surface area contributed by atoms with E-state index in [2.05, 4.69) is 4.98 Å². The van der Waals surface area contributed by atoms with E-state index in [0.29, 0.717) is 5.56 Å². The predicted molar refractivity (Wildman–Crippen MR) is 75.9 cm³/mol. The predicted octanol–water partition coefficient (Wildman–Crippen LogP) is 3.32. The Morgan fingerprint density at radius 2 is 1.74 bits per heavy atom. The Balaban J connectivity index is 1.86. The first-order chi connectivity index (χ1) is 9.35. The lowest BCUT2D eigenvalue weighted by Gasteiger charge is -1.92. The molecule has 0 atom stereocenters. The second-order valence-corrected chi connectivity index (χ2v) is 4.25. The number of aldehydes is 1. The Kier molecular flexibility index (Phi) is 2.94. The molecule has 3 rings (SSSR count). The van der Waals surface area contributed by atoms with Crippen LogP contribution in [0.1, 0.15) is 21.6 Å². The summed E-state index contributed by atoms with van der Waals surface area (Å²) >= 11 is 0. The lowest BCUT2D eigenvalue weighted by Crippen LogP contribution is -1.78. The van der Waals surface area contributed by atoms with Gasteiger partial charge in [0.15, 0.2) is 0 Å². The number of benzene rings is 1. The van der Waals surface area contributed by atoms with Crippen molar-refractivity contribution in [2.45, 2.75) is 0 Å².